The fraction of sp³-hybridized carbons (Fsp3) is 0. The highest BCUT2D eigenvalue weighted by molar-refractivity contribution is 7.90. The van der Waals surface area contributed by atoms with Gasteiger partial charge in [-0.25, -0.2) is 13.2 Å². The van der Waals surface area contributed by atoms with Crippen LogP contribution < -0.4 is 0 Å². The van der Waals surface area contributed by atoms with Crippen LogP contribution in [-0.4, -0.2) is 29.8 Å². The normalized spacial score (nSPS) is 17.6. The number of rotatable bonds is 0. The SMILES string of the molecule is O=C(O)N1C(=O)c2ccccc2S1(=O)=O. The first-order chi connectivity index (χ1) is 6.96. The molecule has 1 aliphatic heterocycles. The van der Waals surface area contributed by atoms with Crippen LogP contribution >= 0.6 is 0 Å². The lowest BCUT2D eigenvalue weighted by Gasteiger charge is -2.06. The summed E-state index contributed by atoms with van der Waals surface area (Å²) < 4.78 is 23.0. The number of carbonyl (C=O) groups is 2. The van der Waals surface area contributed by atoms with E-state index in [-0.39, 0.29) is 14.8 Å². The zero-order valence-electron chi connectivity index (χ0n) is 7.25. The van der Waals surface area contributed by atoms with Crippen molar-refractivity contribution >= 4 is 22.0 Å². The molecule has 0 aliphatic carbocycles. The van der Waals surface area contributed by atoms with Gasteiger partial charge in [0.1, 0.15) is 4.90 Å². The van der Waals surface area contributed by atoms with E-state index in [0.29, 0.717) is 0 Å². The summed E-state index contributed by atoms with van der Waals surface area (Å²) in [6.07, 6.45) is -1.80. The van der Waals surface area contributed by atoms with Gasteiger partial charge in [0.25, 0.3) is 15.9 Å². The van der Waals surface area contributed by atoms with E-state index in [9.17, 15) is 18.0 Å². The Morgan fingerprint density at radius 3 is 2.40 bits per heavy atom. The van der Waals surface area contributed by atoms with Crippen molar-refractivity contribution in [2.75, 3.05) is 0 Å². The molecule has 1 aliphatic rings. The van der Waals surface area contributed by atoms with Crippen molar-refractivity contribution in [1.82, 2.24) is 4.31 Å². The summed E-state index contributed by atoms with van der Waals surface area (Å²) in [5.41, 5.74) is -0.111. The molecule has 0 bridgehead atoms. The predicted octanol–water partition coefficient (Wildman–Crippen LogP) is 0.509. The molecule has 0 fully saturated rings. The van der Waals surface area contributed by atoms with Gasteiger partial charge in [-0.05, 0) is 12.1 Å². The second-order valence-corrected chi connectivity index (χ2v) is 4.61. The average molecular weight is 227 g/mol. The Bertz CT molecular complexity index is 562. The van der Waals surface area contributed by atoms with E-state index in [1.165, 1.54) is 24.3 Å². The third kappa shape index (κ3) is 1.13. The standard InChI is InChI=1S/C8H5NO5S/c10-7-5-3-1-2-4-6(5)15(13,14)9(7)8(11)12/h1-4H,(H,11,12). The fourth-order valence-electron chi connectivity index (χ4n) is 1.37. The van der Waals surface area contributed by atoms with Gasteiger partial charge in [-0.2, -0.15) is 0 Å². The monoisotopic (exact) mass is 227 g/mol. The van der Waals surface area contributed by atoms with E-state index in [1.54, 1.807) is 0 Å². The number of nitrogens with zero attached hydrogens (tertiary/aromatic N) is 1. The van der Waals surface area contributed by atoms with Crippen molar-refractivity contribution in [2.24, 2.45) is 0 Å². The molecule has 2 amide bonds. The molecule has 0 aromatic heterocycles. The minimum atomic E-state index is -4.21. The summed E-state index contributed by atoms with van der Waals surface area (Å²) in [4.78, 5) is 21.8. The first kappa shape index (κ1) is 9.66. The molecule has 0 spiro atoms. The van der Waals surface area contributed by atoms with E-state index in [1.807, 2.05) is 0 Å². The summed E-state index contributed by atoms with van der Waals surface area (Å²) in [5.74, 6) is -1.03. The molecule has 15 heavy (non-hydrogen) atoms. The average Bonchev–Trinajstić information content (AvgIpc) is 2.36. The minimum absolute atomic E-state index is 0.111. The number of amides is 2. The number of fused-ring (bicyclic) bond motifs is 1. The lowest BCUT2D eigenvalue weighted by atomic mass is 10.2. The molecule has 1 aromatic rings. The van der Waals surface area contributed by atoms with Gasteiger partial charge in [0.2, 0.25) is 0 Å². The van der Waals surface area contributed by atoms with Gasteiger partial charge in [-0.3, -0.25) is 4.79 Å². The Hall–Kier alpha value is -1.89. The molecule has 78 valence electrons. The van der Waals surface area contributed by atoms with Crippen LogP contribution in [-0.2, 0) is 10.0 Å². The van der Waals surface area contributed by atoms with E-state index in [4.69, 9.17) is 5.11 Å². The summed E-state index contributed by atoms with van der Waals surface area (Å²) in [7, 11) is -4.21. The number of imide groups is 1. The Balaban J connectivity index is 2.77. The van der Waals surface area contributed by atoms with Crippen LogP contribution in [0.2, 0.25) is 0 Å². The molecule has 1 N–H and O–H groups in total. The van der Waals surface area contributed by atoms with Crippen LogP contribution in [0.3, 0.4) is 0 Å². The smallest absolute Gasteiger partial charge is 0.428 e. The first-order valence-corrected chi connectivity index (χ1v) is 5.32. The summed E-state index contributed by atoms with van der Waals surface area (Å²) in [6, 6.07) is 5.37. The van der Waals surface area contributed by atoms with E-state index in [0.717, 1.165) is 0 Å². The lowest BCUT2D eigenvalue weighted by Crippen LogP contribution is -2.34. The first-order valence-electron chi connectivity index (χ1n) is 3.88. The fourth-order valence-corrected chi connectivity index (χ4v) is 2.78. The van der Waals surface area contributed by atoms with Gasteiger partial charge in [0.05, 0.1) is 5.56 Å². The molecular formula is C8H5NO5S. The quantitative estimate of drug-likeness (QED) is 0.697. The minimum Gasteiger partial charge on any atom is -0.464 e. The van der Waals surface area contributed by atoms with Gasteiger partial charge < -0.3 is 5.11 Å². The second-order valence-electron chi connectivity index (χ2n) is 2.85. The van der Waals surface area contributed by atoms with Gasteiger partial charge in [-0.15, -0.1) is 4.31 Å². The highest BCUT2D eigenvalue weighted by atomic mass is 32.2. The molecule has 0 atom stereocenters. The van der Waals surface area contributed by atoms with Crippen molar-refractivity contribution in [3.05, 3.63) is 29.8 Å². The third-order valence-corrected chi connectivity index (χ3v) is 3.71. The Morgan fingerprint density at radius 1 is 1.27 bits per heavy atom. The zero-order chi connectivity index (χ0) is 11.2. The van der Waals surface area contributed by atoms with Gasteiger partial charge in [-0.1, -0.05) is 12.1 Å². The van der Waals surface area contributed by atoms with Crippen molar-refractivity contribution in [1.29, 1.82) is 0 Å². The molecule has 6 nitrogen and oxygen atoms in total. The van der Waals surface area contributed by atoms with Gasteiger partial charge in [0.15, 0.2) is 0 Å². The molecule has 1 aromatic carbocycles. The van der Waals surface area contributed by atoms with Crippen molar-refractivity contribution in [2.45, 2.75) is 4.90 Å². The number of carbonyl (C=O) groups excluding carboxylic acids is 1. The Morgan fingerprint density at radius 2 is 1.87 bits per heavy atom. The summed E-state index contributed by atoms with van der Waals surface area (Å²) >= 11 is 0. The third-order valence-electron chi connectivity index (χ3n) is 1.99. The van der Waals surface area contributed by atoms with Gasteiger partial charge in [0, 0.05) is 0 Å². The maximum absolute atomic E-state index is 11.6. The zero-order valence-corrected chi connectivity index (χ0v) is 8.06. The second kappa shape index (κ2) is 2.80. The van der Waals surface area contributed by atoms with Crippen molar-refractivity contribution < 1.29 is 23.1 Å². The molecular weight excluding hydrogens is 222 g/mol. The molecule has 2 rings (SSSR count). The van der Waals surface area contributed by atoms with Crippen LogP contribution in [0.4, 0.5) is 4.79 Å². The molecule has 0 radical (unpaired) electrons. The largest absolute Gasteiger partial charge is 0.464 e. The van der Waals surface area contributed by atoms with E-state index in [2.05, 4.69) is 0 Å². The van der Waals surface area contributed by atoms with Crippen LogP contribution in [0, 0.1) is 0 Å². The molecule has 0 unspecified atom stereocenters. The lowest BCUT2D eigenvalue weighted by molar-refractivity contribution is 0.0860. The van der Waals surface area contributed by atoms with Crippen molar-refractivity contribution in [3.63, 3.8) is 0 Å². The predicted molar refractivity (Wildman–Crippen MR) is 47.8 cm³/mol. The van der Waals surface area contributed by atoms with Crippen LogP contribution in [0.15, 0.2) is 29.2 Å². The van der Waals surface area contributed by atoms with Gasteiger partial charge >= 0.3 is 6.09 Å². The molecule has 0 saturated heterocycles. The number of sulfonamides is 1. The number of hydrogen-bond acceptors (Lipinski definition) is 4. The maximum atomic E-state index is 11.6. The van der Waals surface area contributed by atoms with E-state index >= 15 is 0 Å². The number of benzene rings is 1. The molecule has 0 saturated carbocycles. The number of carboxylic acid groups (broad SMARTS) is 1. The molecule has 7 heteroatoms. The van der Waals surface area contributed by atoms with Crippen LogP contribution in [0.25, 0.3) is 0 Å². The Labute approximate surface area is 84.8 Å². The van der Waals surface area contributed by atoms with Crippen LogP contribution in [0.1, 0.15) is 10.4 Å². The summed E-state index contributed by atoms with van der Waals surface area (Å²) in [5, 5.41) is 8.62. The maximum Gasteiger partial charge on any atom is 0.428 e. The summed E-state index contributed by atoms with van der Waals surface area (Å²) in [6.45, 7) is 0. The van der Waals surface area contributed by atoms with Crippen molar-refractivity contribution in [3.8, 4) is 0 Å². The Kier molecular flexibility index (Phi) is 1.80. The van der Waals surface area contributed by atoms with Crippen LogP contribution in [0.5, 0.6) is 0 Å². The topological polar surface area (TPSA) is 91.8 Å². The highest BCUT2D eigenvalue weighted by Gasteiger charge is 2.45. The molecule has 1 heterocycles. The van der Waals surface area contributed by atoms with E-state index < -0.39 is 22.0 Å². The number of hydrogen-bond donors (Lipinski definition) is 1. The highest BCUT2D eigenvalue weighted by Crippen LogP contribution is 2.29.